The molecule has 0 spiro atoms. The number of rotatable bonds is 5. The van der Waals surface area contributed by atoms with E-state index in [1.165, 1.54) is 27.5 Å². The highest BCUT2D eigenvalue weighted by Gasteiger charge is 2.21. The smallest absolute Gasteiger partial charge is 0.335 e. The predicted octanol–water partition coefficient (Wildman–Crippen LogP) is 3.82. The number of fused-ring (bicyclic) bond motifs is 1. The average Bonchev–Trinajstić information content (AvgIpc) is 3.46. The van der Waals surface area contributed by atoms with Crippen LogP contribution in [0.3, 0.4) is 0 Å². The van der Waals surface area contributed by atoms with Crippen LogP contribution in [0.4, 0.5) is 0 Å². The molecule has 4 aromatic rings. The Labute approximate surface area is 199 Å². The third kappa shape index (κ3) is 3.97. The van der Waals surface area contributed by atoms with Gasteiger partial charge in [-0.05, 0) is 60.9 Å². The van der Waals surface area contributed by atoms with Crippen molar-refractivity contribution in [1.82, 2.24) is 19.0 Å². The summed E-state index contributed by atoms with van der Waals surface area (Å²) in [6.07, 6.45) is 3.50. The van der Waals surface area contributed by atoms with Crippen molar-refractivity contribution >= 4 is 34.6 Å². The first kappa shape index (κ1) is 21.9. The number of likely N-dealkylation sites (tertiary alicyclic amines) is 1. The van der Waals surface area contributed by atoms with Crippen molar-refractivity contribution in [2.24, 2.45) is 0 Å². The number of aromatic nitrogens is 3. The number of aromatic carboxylic acids is 1. The molecule has 9 heteroatoms. The maximum atomic E-state index is 13.5. The molecule has 0 saturated carbocycles. The van der Waals surface area contributed by atoms with Crippen LogP contribution in [0.2, 0.25) is 5.02 Å². The molecule has 1 fully saturated rings. The average molecular weight is 477 g/mol. The van der Waals surface area contributed by atoms with Crippen LogP contribution >= 0.6 is 11.6 Å². The summed E-state index contributed by atoms with van der Waals surface area (Å²) < 4.78 is 2.98. The van der Waals surface area contributed by atoms with Crippen molar-refractivity contribution < 1.29 is 14.7 Å². The van der Waals surface area contributed by atoms with Gasteiger partial charge in [-0.15, -0.1) is 0 Å². The first-order valence-electron chi connectivity index (χ1n) is 10.9. The maximum absolute atomic E-state index is 13.5. The summed E-state index contributed by atoms with van der Waals surface area (Å²) in [5.41, 5.74) is 2.55. The lowest BCUT2D eigenvalue weighted by molar-refractivity contribution is 0.0696. The van der Waals surface area contributed by atoms with Gasteiger partial charge in [0.1, 0.15) is 0 Å². The van der Waals surface area contributed by atoms with E-state index in [2.05, 4.69) is 4.98 Å². The molecule has 34 heavy (non-hydrogen) atoms. The highest BCUT2D eigenvalue weighted by Crippen LogP contribution is 2.22. The van der Waals surface area contributed by atoms with E-state index >= 15 is 0 Å². The molecule has 5 rings (SSSR count). The number of amides is 1. The molecule has 8 nitrogen and oxygen atoms in total. The van der Waals surface area contributed by atoms with Crippen molar-refractivity contribution in [2.45, 2.75) is 19.4 Å². The van der Waals surface area contributed by atoms with Crippen molar-refractivity contribution in [3.8, 4) is 5.69 Å². The number of carboxylic acids is 1. The first-order chi connectivity index (χ1) is 16.4. The molecule has 172 valence electrons. The third-order valence-corrected chi connectivity index (χ3v) is 6.22. The Morgan fingerprint density at radius 2 is 1.74 bits per heavy atom. The molecule has 1 aliphatic heterocycles. The molecule has 2 aromatic carbocycles. The highest BCUT2D eigenvalue weighted by atomic mass is 35.5. The molecule has 3 heterocycles. The molecule has 0 aliphatic carbocycles. The number of pyridine rings is 1. The summed E-state index contributed by atoms with van der Waals surface area (Å²) in [7, 11) is 0. The van der Waals surface area contributed by atoms with Gasteiger partial charge in [0.05, 0.1) is 28.3 Å². The zero-order valence-electron chi connectivity index (χ0n) is 18.1. The first-order valence-corrected chi connectivity index (χ1v) is 11.3. The molecule has 1 saturated heterocycles. The number of halogens is 1. The summed E-state index contributed by atoms with van der Waals surface area (Å²) in [6.45, 7) is 1.67. The normalized spacial score (nSPS) is 13.5. The molecule has 0 unspecified atom stereocenters. The molecule has 0 radical (unpaired) electrons. The maximum Gasteiger partial charge on any atom is 0.335 e. The van der Waals surface area contributed by atoms with Crippen LogP contribution in [0, 0.1) is 0 Å². The van der Waals surface area contributed by atoms with Crippen LogP contribution in [0.1, 0.15) is 39.1 Å². The fourth-order valence-electron chi connectivity index (χ4n) is 4.34. The van der Waals surface area contributed by atoms with Crippen LogP contribution in [0.25, 0.3) is 16.9 Å². The van der Waals surface area contributed by atoms with Gasteiger partial charge in [0.15, 0.2) is 5.65 Å². The number of benzene rings is 2. The van der Waals surface area contributed by atoms with E-state index in [-0.39, 0.29) is 23.7 Å². The number of carboxylic acid groups (broad SMARTS) is 1. The van der Waals surface area contributed by atoms with Crippen LogP contribution in [-0.2, 0) is 6.54 Å². The summed E-state index contributed by atoms with van der Waals surface area (Å²) >= 11 is 6.19. The minimum Gasteiger partial charge on any atom is -0.478 e. The zero-order valence-corrected chi connectivity index (χ0v) is 18.9. The molecule has 2 aromatic heterocycles. The minimum atomic E-state index is -1.04. The van der Waals surface area contributed by atoms with Crippen molar-refractivity contribution in [1.29, 1.82) is 0 Å². The fourth-order valence-corrected chi connectivity index (χ4v) is 4.49. The zero-order chi connectivity index (χ0) is 23.8. The Morgan fingerprint density at radius 3 is 2.44 bits per heavy atom. The van der Waals surface area contributed by atoms with E-state index < -0.39 is 5.97 Å². The second-order valence-electron chi connectivity index (χ2n) is 8.25. The summed E-state index contributed by atoms with van der Waals surface area (Å²) in [6, 6.07) is 15.0. The van der Waals surface area contributed by atoms with E-state index in [9.17, 15) is 19.5 Å². The van der Waals surface area contributed by atoms with Crippen LogP contribution in [-0.4, -0.2) is 49.1 Å². The third-order valence-electron chi connectivity index (χ3n) is 6.01. The van der Waals surface area contributed by atoms with Gasteiger partial charge in [-0.3, -0.25) is 13.9 Å². The number of nitrogens with zero attached hydrogens (tertiary/aromatic N) is 4. The van der Waals surface area contributed by atoms with Gasteiger partial charge >= 0.3 is 11.7 Å². The predicted molar refractivity (Wildman–Crippen MR) is 128 cm³/mol. The Hall–Kier alpha value is -3.91. The lowest BCUT2D eigenvalue weighted by Crippen LogP contribution is -2.27. The lowest BCUT2D eigenvalue weighted by Gasteiger charge is -2.15. The Kier molecular flexibility index (Phi) is 5.67. The van der Waals surface area contributed by atoms with E-state index in [1.54, 1.807) is 42.5 Å². The van der Waals surface area contributed by atoms with Crippen LogP contribution in [0.5, 0.6) is 0 Å². The van der Waals surface area contributed by atoms with Crippen LogP contribution < -0.4 is 5.69 Å². The van der Waals surface area contributed by atoms with Gasteiger partial charge in [0, 0.05) is 24.8 Å². The Balaban J connectivity index is 1.57. The van der Waals surface area contributed by atoms with Crippen molar-refractivity contribution in [3.63, 3.8) is 0 Å². The number of hydrogen-bond donors (Lipinski definition) is 1. The quantitative estimate of drug-likeness (QED) is 0.472. The van der Waals surface area contributed by atoms with Gasteiger partial charge in [-0.1, -0.05) is 23.7 Å². The standard InChI is InChI=1S/C25H21ClN4O4/c26-19-13-21-22(27-14-19)29(15-16-4-3-5-18(12-16)24(32)33)25(34)30(21)20-8-6-17(7-9-20)23(31)28-10-1-2-11-28/h3-9,12-14H,1-2,10-11,15H2,(H,32,33). The molecule has 1 aliphatic rings. The SMILES string of the molecule is O=C(O)c1cccc(Cn2c(=O)n(-c3ccc(C(=O)N4CCCC4)cc3)c3cc(Cl)cnc32)c1. The van der Waals surface area contributed by atoms with Gasteiger partial charge in [-0.25, -0.2) is 14.6 Å². The van der Waals surface area contributed by atoms with E-state index in [0.717, 1.165) is 25.9 Å². The lowest BCUT2D eigenvalue weighted by atomic mass is 10.1. The molecule has 1 amide bonds. The van der Waals surface area contributed by atoms with Gasteiger partial charge in [0.25, 0.3) is 5.91 Å². The fraction of sp³-hybridized carbons (Fsp3) is 0.200. The van der Waals surface area contributed by atoms with E-state index in [4.69, 9.17) is 11.6 Å². The summed E-state index contributed by atoms with van der Waals surface area (Å²) in [4.78, 5) is 43.7. The van der Waals surface area contributed by atoms with Crippen LogP contribution in [0.15, 0.2) is 65.6 Å². The number of carbonyl (C=O) groups excluding carboxylic acids is 1. The second kappa shape index (κ2) is 8.79. The number of carbonyl (C=O) groups is 2. The van der Waals surface area contributed by atoms with E-state index in [1.807, 2.05) is 4.90 Å². The van der Waals surface area contributed by atoms with Gasteiger partial charge in [0.2, 0.25) is 0 Å². The minimum absolute atomic E-state index is 0.0122. The Bertz CT molecular complexity index is 1470. The number of hydrogen-bond acceptors (Lipinski definition) is 4. The van der Waals surface area contributed by atoms with Gasteiger partial charge in [-0.2, -0.15) is 0 Å². The van der Waals surface area contributed by atoms with Crippen molar-refractivity contribution in [2.75, 3.05) is 13.1 Å². The van der Waals surface area contributed by atoms with Crippen molar-refractivity contribution in [3.05, 3.63) is 93.0 Å². The largest absolute Gasteiger partial charge is 0.478 e. The highest BCUT2D eigenvalue weighted by molar-refractivity contribution is 6.31. The second-order valence-corrected chi connectivity index (χ2v) is 8.69. The molecule has 0 atom stereocenters. The van der Waals surface area contributed by atoms with Gasteiger partial charge < -0.3 is 10.0 Å². The topological polar surface area (TPSA) is 97.4 Å². The molecular weight excluding hydrogens is 456 g/mol. The molecule has 0 bridgehead atoms. The molecular formula is C25H21ClN4O4. The Morgan fingerprint density at radius 1 is 1.00 bits per heavy atom. The molecule has 1 N–H and O–H groups in total. The number of imidazole rings is 1. The summed E-state index contributed by atoms with van der Waals surface area (Å²) in [5.74, 6) is -1.05. The summed E-state index contributed by atoms with van der Waals surface area (Å²) in [5, 5.41) is 9.67. The van der Waals surface area contributed by atoms with E-state index in [0.29, 0.717) is 33.0 Å². The monoisotopic (exact) mass is 476 g/mol.